The first-order valence-electron chi connectivity index (χ1n) is 8.80. The van der Waals surface area contributed by atoms with Crippen LogP contribution in [0, 0.1) is 11.3 Å². The van der Waals surface area contributed by atoms with Crippen LogP contribution in [-0.4, -0.2) is 5.91 Å². The largest absolute Gasteiger partial charge is 0.345 e. The SMILES string of the molecule is CC(NC(=O)/C(C#N)=C/c1ccc(-c2ccccc2)cc1)c1ccccc1. The Morgan fingerprint density at radius 3 is 2.04 bits per heavy atom. The molecule has 0 aliphatic carbocycles. The van der Waals surface area contributed by atoms with Crippen molar-refractivity contribution in [3.8, 4) is 17.2 Å². The molecule has 0 aliphatic rings. The van der Waals surface area contributed by atoms with Gasteiger partial charge in [0, 0.05) is 0 Å². The summed E-state index contributed by atoms with van der Waals surface area (Å²) in [5.41, 5.74) is 4.12. The van der Waals surface area contributed by atoms with Gasteiger partial charge in [-0.3, -0.25) is 4.79 Å². The number of carbonyl (C=O) groups is 1. The summed E-state index contributed by atoms with van der Waals surface area (Å²) >= 11 is 0. The quantitative estimate of drug-likeness (QED) is 0.511. The van der Waals surface area contributed by atoms with Crippen molar-refractivity contribution in [2.75, 3.05) is 0 Å². The van der Waals surface area contributed by atoms with Crippen LogP contribution in [0.5, 0.6) is 0 Å². The molecule has 1 amide bonds. The van der Waals surface area contributed by atoms with Crippen LogP contribution in [0.25, 0.3) is 17.2 Å². The van der Waals surface area contributed by atoms with Gasteiger partial charge in [0.05, 0.1) is 6.04 Å². The maximum absolute atomic E-state index is 12.4. The van der Waals surface area contributed by atoms with Crippen LogP contribution < -0.4 is 5.32 Å². The summed E-state index contributed by atoms with van der Waals surface area (Å²) in [5.74, 6) is -0.374. The minimum absolute atomic E-state index is 0.0882. The van der Waals surface area contributed by atoms with E-state index in [4.69, 9.17) is 0 Å². The highest BCUT2D eigenvalue weighted by atomic mass is 16.1. The first-order chi connectivity index (χ1) is 13.2. The molecular formula is C24H20N2O. The number of rotatable bonds is 5. The second-order valence-corrected chi connectivity index (χ2v) is 6.26. The standard InChI is InChI=1S/C24H20N2O/c1-18(20-8-4-2-5-9-20)26-24(27)23(17-25)16-19-12-14-22(15-13-19)21-10-6-3-7-11-21/h2-16,18H,1H3,(H,26,27)/b23-16+. The van der Waals surface area contributed by atoms with Crippen molar-refractivity contribution in [1.82, 2.24) is 5.32 Å². The fourth-order valence-corrected chi connectivity index (χ4v) is 2.82. The Balaban J connectivity index is 1.74. The molecule has 27 heavy (non-hydrogen) atoms. The van der Waals surface area contributed by atoms with Crippen LogP contribution >= 0.6 is 0 Å². The normalized spacial score (nSPS) is 12.1. The van der Waals surface area contributed by atoms with Crippen molar-refractivity contribution in [3.63, 3.8) is 0 Å². The Labute approximate surface area is 159 Å². The van der Waals surface area contributed by atoms with Crippen molar-refractivity contribution in [2.45, 2.75) is 13.0 Å². The highest BCUT2D eigenvalue weighted by Gasteiger charge is 2.13. The summed E-state index contributed by atoms with van der Waals surface area (Å²) in [5, 5.41) is 12.3. The van der Waals surface area contributed by atoms with Crippen molar-refractivity contribution < 1.29 is 4.79 Å². The lowest BCUT2D eigenvalue weighted by atomic mass is 10.0. The summed E-state index contributed by atoms with van der Waals surface area (Å²) in [7, 11) is 0. The Bertz CT molecular complexity index is 968. The van der Waals surface area contributed by atoms with Gasteiger partial charge < -0.3 is 5.32 Å². The molecule has 0 saturated heterocycles. The number of amides is 1. The Hall–Kier alpha value is -3.64. The van der Waals surface area contributed by atoms with Crippen LogP contribution in [0.1, 0.15) is 24.1 Å². The first-order valence-corrected chi connectivity index (χ1v) is 8.80. The zero-order valence-electron chi connectivity index (χ0n) is 15.1. The molecule has 0 saturated carbocycles. The van der Waals surface area contributed by atoms with Crippen molar-refractivity contribution in [2.24, 2.45) is 0 Å². The van der Waals surface area contributed by atoms with E-state index in [2.05, 4.69) is 5.32 Å². The van der Waals surface area contributed by atoms with E-state index in [9.17, 15) is 10.1 Å². The van der Waals surface area contributed by atoms with Crippen LogP contribution in [0.2, 0.25) is 0 Å². The van der Waals surface area contributed by atoms with E-state index in [1.165, 1.54) is 0 Å². The number of nitrogens with zero attached hydrogens (tertiary/aromatic N) is 1. The lowest BCUT2D eigenvalue weighted by Gasteiger charge is -2.13. The molecule has 3 nitrogen and oxygen atoms in total. The molecule has 3 aromatic carbocycles. The molecule has 3 aromatic rings. The van der Waals surface area contributed by atoms with Gasteiger partial charge in [0.15, 0.2) is 0 Å². The van der Waals surface area contributed by atoms with E-state index in [0.29, 0.717) is 0 Å². The van der Waals surface area contributed by atoms with E-state index < -0.39 is 0 Å². The lowest BCUT2D eigenvalue weighted by Crippen LogP contribution is -2.27. The van der Waals surface area contributed by atoms with Gasteiger partial charge in [-0.05, 0) is 35.3 Å². The van der Waals surface area contributed by atoms with Crippen LogP contribution in [0.15, 0.2) is 90.5 Å². The van der Waals surface area contributed by atoms with Crippen molar-refractivity contribution in [3.05, 3.63) is 102 Å². The van der Waals surface area contributed by atoms with Gasteiger partial charge in [0.25, 0.3) is 5.91 Å². The Morgan fingerprint density at radius 2 is 1.44 bits per heavy atom. The monoisotopic (exact) mass is 352 g/mol. The molecule has 1 N–H and O–H groups in total. The predicted molar refractivity (Wildman–Crippen MR) is 108 cm³/mol. The van der Waals surface area contributed by atoms with Crippen molar-refractivity contribution in [1.29, 1.82) is 5.26 Å². The second kappa shape index (κ2) is 8.64. The fraction of sp³-hybridized carbons (Fsp3) is 0.0833. The third-order valence-corrected chi connectivity index (χ3v) is 4.34. The maximum Gasteiger partial charge on any atom is 0.262 e. The molecule has 0 bridgehead atoms. The number of benzene rings is 3. The van der Waals surface area contributed by atoms with E-state index in [0.717, 1.165) is 22.3 Å². The van der Waals surface area contributed by atoms with Gasteiger partial charge in [-0.1, -0.05) is 84.9 Å². The summed E-state index contributed by atoms with van der Waals surface area (Å²) in [6, 6.07) is 29.4. The van der Waals surface area contributed by atoms with Crippen LogP contribution in [0.4, 0.5) is 0 Å². The topological polar surface area (TPSA) is 52.9 Å². The van der Waals surface area contributed by atoms with Gasteiger partial charge in [-0.25, -0.2) is 0 Å². The van der Waals surface area contributed by atoms with Gasteiger partial charge >= 0.3 is 0 Å². The summed E-state index contributed by atoms with van der Waals surface area (Å²) in [6.45, 7) is 1.90. The number of nitriles is 1. The van der Waals surface area contributed by atoms with E-state index in [1.807, 2.05) is 97.9 Å². The minimum Gasteiger partial charge on any atom is -0.345 e. The highest BCUT2D eigenvalue weighted by Crippen LogP contribution is 2.20. The van der Waals surface area contributed by atoms with E-state index in [-0.39, 0.29) is 17.5 Å². The highest BCUT2D eigenvalue weighted by molar-refractivity contribution is 6.01. The number of hydrogen-bond donors (Lipinski definition) is 1. The molecule has 3 heteroatoms. The number of nitrogens with one attached hydrogen (secondary N) is 1. The first kappa shape index (κ1) is 18.2. The molecule has 132 valence electrons. The zero-order valence-corrected chi connectivity index (χ0v) is 15.1. The van der Waals surface area contributed by atoms with Gasteiger partial charge in [-0.2, -0.15) is 5.26 Å². The minimum atomic E-state index is -0.374. The van der Waals surface area contributed by atoms with Gasteiger partial charge in [-0.15, -0.1) is 0 Å². The van der Waals surface area contributed by atoms with Crippen LogP contribution in [-0.2, 0) is 4.79 Å². The molecule has 0 spiro atoms. The molecule has 0 aliphatic heterocycles. The third-order valence-electron chi connectivity index (χ3n) is 4.34. The maximum atomic E-state index is 12.4. The Kier molecular flexibility index (Phi) is 5.81. The molecule has 0 aromatic heterocycles. The Morgan fingerprint density at radius 1 is 0.889 bits per heavy atom. The molecule has 0 fully saturated rings. The van der Waals surface area contributed by atoms with Gasteiger partial charge in [0.1, 0.15) is 11.6 Å². The average molecular weight is 352 g/mol. The molecule has 1 unspecified atom stereocenters. The van der Waals surface area contributed by atoms with Gasteiger partial charge in [0.2, 0.25) is 0 Å². The van der Waals surface area contributed by atoms with Crippen LogP contribution in [0.3, 0.4) is 0 Å². The molecule has 3 rings (SSSR count). The smallest absolute Gasteiger partial charge is 0.262 e. The summed E-state index contributed by atoms with van der Waals surface area (Å²) in [6.07, 6.45) is 1.61. The second-order valence-electron chi connectivity index (χ2n) is 6.26. The zero-order chi connectivity index (χ0) is 19.1. The molecule has 0 heterocycles. The average Bonchev–Trinajstić information content (AvgIpc) is 2.73. The lowest BCUT2D eigenvalue weighted by molar-refractivity contribution is -0.117. The van der Waals surface area contributed by atoms with E-state index in [1.54, 1.807) is 6.08 Å². The van der Waals surface area contributed by atoms with E-state index >= 15 is 0 Å². The molecule has 1 atom stereocenters. The molecule has 0 radical (unpaired) electrons. The molecular weight excluding hydrogens is 332 g/mol. The third kappa shape index (κ3) is 4.71. The predicted octanol–water partition coefficient (Wildman–Crippen LogP) is 5.14. The summed E-state index contributed by atoms with van der Waals surface area (Å²) < 4.78 is 0. The number of hydrogen-bond acceptors (Lipinski definition) is 2. The summed E-state index contributed by atoms with van der Waals surface area (Å²) in [4.78, 5) is 12.4. The van der Waals surface area contributed by atoms with Crippen molar-refractivity contribution >= 4 is 12.0 Å². The number of carbonyl (C=O) groups excluding carboxylic acids is 1. The fourth-order valence-electron chi connectivity index (χ4n) is 2.82.